The van der Waals surface area contributed by atoms with Gasteiger partial charge < -0.3 is 15.2 Å². The van der Waals surface area contributed by atoms with E-state index in [2.05, 4.69) is 10.3 Å². The summed E-state index contributed by atoms with van der Waals surface area (Å²) < 4.78 is 5.45. The predicted octanol–water partition coefficient (Wildman–Crippen LogP) is 1.95. The lowest BCUT2D eigenvalue weighted by molar-refractivity contribution is 0.258. The lowest BCUT2D eigenvalue weighted by atomic mass is 9.95. The summed E-state index contributed by atoms with van der Waals surface area (Å²) in [7, 11) is 0. The highest BCUT2D eigenvalue weighted by molar-refractivity contribution is 5.30. The van der Waals surface area contributed by atoms with Crippen molar-refractivity contribution in [3.05, 3.63) is 18.3 Å². The third kappa shape index (κ3) is 3.89. The smallest absolute Gasteiger partial charge is 0.256 e. The number of hydrogen-bond donors (Lipinski definition) is 2. The van der Waals surface area contributed by atoms with Crippen LogP contribution in [-0.2, 0) is 0 Å². The molecule has 94 valence electrons. The summed E-state index contributed by atoms with van der Waals surface area (Å²) in [5, 5.41) is 12.9. The van der Waals surface area contributed by atoms with Crippen molar-refractivity contribution in [2.75, 3.05) is 19.7 Å². The van der Waals surface area contributed by atoms with Gasteiger partial charge in [-0.2, -0.15) is 0 Å². The Hall–Kier alpha value is -1.29. The molecule has 0 bridgehead atoms. The highest BCUT2D eigenvalue weighted by atomic mass is 16.5. The molecule has 1 atom stereocenters. The summed E-state index contributed by atoms with van der Waals surface area (Å²) in [5.74, 6) is 1.24. The van der Waals surface area contributed by atoms with Crippen molar-refractivity contribution in [3.63, 3.8) is 0 Å². The zero-order valence-corrected chi connectivity index (χ0v) is 10.1. The quantitative estimate of drug-likeness (QED) is 0.767. The van der Waals surface area contributed by atoms with E-state index in [1.54, 1.807) is 18.3 Å². The topological polar surface area (TPSA) is 54.4 Å². The Kier molecular flexibility index (Phi) is 4.62. The average Bonchev–Trinajstić information content (AvgIpc) is 2.38. The number of nitrogens with zero attached hydrogens (tertiary/aromatic N) is 1. The fraction of sp³-hybridized carbons (Fsp3) is 0.615. The molecule has 4 heteroatoms. The third-order valence-electron chi connectivity index (χ3n) is 3.15. The Morgan fingerprint density at radius 3 is 3.24 bits per heavy atom. The van der Waals surface area contributed by atoms with Crippen molar-refractivity contribution in [2.24, 2.45) is 5.92 Å². The van der Waals surface area contributed by atoms with Gasteiger partial charge in [-0.25, -0.2) is 4.98 Å². The van der Waals surface area contributed by atoms with E-state index >= 15 is 0 Å². The number of piperidine rings is 1. The average molecular weight is 236 g/mol. The van der Waals surface area contributed by atoms with E-state index in [4.69, 9.17) is 4.74 Å². The molecule has 17 heavy (non-hydrogen) atoms. The molecule has 0 spiro atoms. The van der Waals surface area contributed by atoms with Gasteiger partial charge in [0.2, 0.25) is 0 Å². The molecule has 4 nitrogen and oxygen atoms in total. The minimum absolute atomic E-state index is 0.117. The lowest BCUT2D eigenvalue weighted by Crippen LogP contribution is -2.29. The number of nitrogens with one attached hydrogen (secondary N) is 1. The SMILES string of the molecule is Oc1cccnc1OCCC[C@H]1CCCNC1. The maximum Gasteiger partial charge on any atom is 0.256 e. The number of aromatic nitrogens is 1. The van der Waals surface area contributed by atoms with Gasteiger partial charge >= 0.3 is 0 Å². The highest BCUT2D eigenvalue weighted by Gasteiger charge is 2.12. The van der Waals surface area contributed by atoms with E-state index in [9.17, 15) is 5.11 Å². The molecular formula is C13H20N2O2. The van der Waals surface area contributed by atoms with Gasteiger partial charge in [-0.05, 0) is 56.8 Å². The molecular weight excluding hydrogens is 216 g/mol. The van der Waals surface area contributed by atoms with Crippen LogP contribution in [0.4, 0.5) is 0 Å². The van der Waals surface area contributed by atoms with E-state index < -0.39 is 0 Å². The molecule has 1 fully saturated rings. The van der Waals surface area contributed by atoms with Crippen molar-refractivity contribution in [2.45, 2.75) is 25.7 Å². The molecule has 0 unspecified atom stereocenters. The minimum Gasteiger partial charge on any atom is -0.503 e. The molecule has 1 aliphatic rings. The van der Waals surface area contributed by atoms with Crippen molar-refractivity contribution in [1.29, 1.82) is 0 Å². The number of aromatic hydroxyl groups is 1. The van der Waals surface area contributed by atoms with Crippen molar-refractivity contribution in [1.82, 2.24) is 10.3 Å². The lowest BCUT2D eigenvalue weighted by Gasteiger charge is -2.22. The van der Waals surface area contributed by atoms with Crippen molar-refractivity contribution >= 4 is 0 Å². The third-order valence-corrected chi connectivity index (χ3v) is 3.15. The molecule has 1 aromatic heterocycles. The highest BCUT2D eigenvalue weighted by Crippen LogP contribution is 2.22. The van der Waals surface area contributed by atoms with Crippen LogP contribution in [0, 0.1) is 5.92 Å². The second-order valence-electron chi connectivity index (χ2n) is 4.53. The van der Waals surface area contributed by atoms with Crippen molar-refractivity contribution in [3.8, 4) is 11.6 Å². The number of hydrogen-bond acceptors (Lipinski definition) is 4. The van der Waals surface area contributed by atoms with Crippen LogP contribution in [0.1, 0.15) is 25.7 Å². The molecule has 2 rings (SSSR count). The fourth-order valence-corrected chi connectivity index (χ4v) is 2.20. The molecule has 1 aliphatic heterocycles. The zero-order valence-electron chi connectivity index (χ0n) is 10.1. The van der Waals surface area contributed by atoms with E-state index in [0.717, 1.165) is 25.4 Å². The van der Waals surface area contributed by atoms with Gasteiger partial charge in [0.25, 0.3) is 5.88 Å². The maximum atomic E-state index is 9.46. The maximum absolute atomic E-state index is 9.46. The van der Waals surface area contributed by atoms with Gasteiger partial charge in [-0.15, -0.1) is 0 Å². The summed E-state index contributed by atoms with van der Waals surface area (Å²) in [6.07, 6.45) is 6.43. The first-order valence-electron chi connectivity index (χ1n) is 6.34. The largest absolute Gasteiger partial charge is 0.503 e. The molecule has 2 N–H and O–H groups in total. The molecule has 1 saturated heterocycles. The molecule has 1 aromatic rings. The molecule has 0 radical (unpaired) electrons. The van der Waals surface area contributed by atoms with Gasteiger partial charge in [0, 0.05) is 6.20 Å². The Labute approximate surface area is 102 Å². The summed E-state index contributed by atoms with van der Waals surface area (Å²) in [6.45, 7) is 2.92. The summed E-state index contributed by atoms with van der Waals surface area (Å²) in [4.78, 5) is 3.98. The van der Waals surface area contributed by atoms with Crippen LogP contribution in [0.3, 0.4) is 0 Å². The van der Waals surface area contributed by atoms with Gasteiger partial charge in [-0.1, -0.05) is 0 Å². The van der Waals surface area contributed by atoms with Gasteiger partial charge in [0.05, 0.1) is 6.61 Å². The number of ether oxygens (including phenoxy) is 1. The van der Waals surface area contributed by atoms with Crippen LogP contribution >= 0.6 is 0 Å². The summed E-state index contributed by atoms with van der Waals surface area (Å²) in [5.41, 5.74) is 0. The van der Waals surface area contributed by atoms with Gasteiger partial charge in [0.1, 0.15) is 0 Å². The summed E-state index contributed by atoms with van der Waals surface area (Å²) in [6, 6.07) is 3.28. The van der Waals surface area contributed by atoms with Crippen molar-refractivity contribution < 1.29 is 9.84 Å². The minimum atomic E-state index is 0.117. The fourth-order valence-electron chi connectivity index (χ4n) is 2.20. The normalized spacial score (nSPS) is 20.1. The van der Waals surface area contributed by atoms with Crippen LogP contribution in [0.2, 0.25) is 0 Å². The second-order valence-corrected chi connectivity index (χ2v) is 4.53. The summed E-state index contributed by atoms with van der Waals surface area (Å²) >= 11 is 0. The van der Waals surface area contributed by atoms with Gasteiger partial charge in [0.15, 0.2) is 5.75 Å². The van der Waals surface area contributed by atoms with Crippen LogP contribution in [0.5, 0.6) is 11.6 Å². The molecule has 0 amide bonds. The Balaban J connectivity index is 1.64. The Morgan fingerprint density at radius 2 is 2.47 bits per heavy atom. The second kappa shape index (κ2) is 6.45. The standard InChI is InChI=1S/C13H20N2O2/c16-12-6-2-8-15-13(12)17-9-3-5-11-4-1-7-14-10-11/h2,6,8,11,14,16H,1,3-5,7,9-10H2/t11-/m1/s1. The van der Waals surface area contributed by atoms with E-state index in [0.29, 0.717) is 12.5 Å². The van der Waals surface area contributed by atoms with Crippen LogP contribution in [0.15, 0.2) is 18.3 Å². The first kappa shape index (κ1) is 12.2. The predicted molar refractivity (Wildman–Crippen MR) is 66.2 cm³/mol. The number of rotatable bonds is 5. The molecule has 2 heterocycles. The van der Waals surface area contributed by atoms with Crippen LogP contribution in [-0.4, -0.2) is 29.8 Å². The van der Waals surface area contributed by atoms with E-state index in [1.807, 2.05) is 0 Å². The molecule has 0 saturated carbocycles. The zero-order chi connectivity index (χ0) is 11.9. The molecule has 0 aliphatic carbocycles. The monoisotopic (exact) mass is 236 g/mol. The Morgan fingerprint density at radius 1 is 1.53 bits per heavy atom. The number of pyridine rings is 1. The van der Waals surface area contributed by atoms with Crippen LogP contribution in [0.25, 0.3) is 0 Å². The Bertz CT molecular complexity index is 338. The van der Waals surface area contributed by atoms with Crippen LogP contribution < -0.4 is 10.1 Å². The molecule has 0 aromatic carbocycles. The first-order chi connectivity index (χ1) is 8.36. The van der Waals surface area contributed by atoms with E-state index in [-0.39, 0.29) is 5.75 Å². The first-order valence-corrected chi connectivity index (χ1v) is 6.34. The van der Waals surface area contributed by atoms with E-state index in [1.165, 1.54) is 19.3 Å². The van der Waals surface area contributed by atoms with Gasteiger partial charge in [-0.3, -0.25) is 0 Å².